The maximum Gasteiger partial charge on any atom is 0.158 e. The average molecular weight is 228 g/mol. The van der Waals surface area contributed by atoms with E-state index in [0.29, 0.717) is 13.2 Å². The summed E-state index contributed by atoms with van der Waals surface area (Å²) in [6.07, 6.45) is 0.833. The predicted molar refractivity (Wildman–Crippen MR) is 57.4 cm³/mol. The van der Waals surface area contributed by atoms with Gasteiger partial charge in [-0.05, 0) is 24.3 Å². The number of hydrogen-bond donors (Lipinski definition) is 0. The Balaban J connectivity index is 1.71. The van der Waals surface area contributed by atoms with Gasteiger partial charge in [0.25, 0.3) is 0 Å². The van der Waals surface area contributed by atoms with Gasteiger partial charge in [-0.25, -0.2) is 4.39 Å². The molecule has 1 fully saturated rings. The SMILES string of the molecule is Fc1ccc(SCCC2OCCO2)cc1. The smallest absolute Gasteiger partial charge is 0.158 e. The summed E-state index contributed by atoms with van der Waals surface area (Å²) in [6, 6.07) is 6.53. The summed E-state index contributed by atoms with van der Waals surface area (Å²) in [5.74, 6) is 0.734. The first-order chi connectivity index (χ1) is 7.34. The highest BCUT2D eigenvalue weighted by Gasteiger charge is 2.14. The Kier molecular flexibility index (Phi) is 4.00. The zero-order valence-electron chi connectivity index (χ0n) is 8.32. The van der Waals surface area contributed by atoms with Crippen molar-refractivity contribution in [3.05, 3.63) is 30.1 Å². The van der Waals surface area contributed by atoms with Crippen molar-refractivity contribution in [1.29, 1.82) is 0 Å². The van der Waals surface area contributed by atoms with Gasteiger partial charge >= 0.3 is 0 Å². The fourth-order valence-electron chi connectivity index (χ4n) is 1.38. The molecule has 0 bridgehead atoms. The summed E-state index contributed by atoms with van der Waals surface area (Å²) in [4.78, 5) is 1.08. The largest absolute Gasteiger partial charge is 0.350 e. The van der Waals surface area contributed by atoms with Gasteiger partial charge in [-0.3, -0.25) is 0 Å². The van der Waals surface area contributed by atoms with Crippen LogP contribution in [0.25, 0.3) is 0 Å². The molecule has 0 N–H and O–H groups in total. The second kappa shape index (κ2) is 5.49. The van der Waals surface area contributed by atoms with Crippen LogP contribution in [0.5, 0.6) is 0 Å². The molecule has 0 spiro atoms. The predicted octanol–water partition coefficient (Wildman–Crippen LogP) is 2.68. The summed E-state index contributed by atoms with van der Waals surface area (Å²) in [5, 5.41) is 0. The van der Waals surface area contributed by atoms with E-state index in [1.807, 2.05) is 0 Å². The van der Waals surface area contributed by atoms with Gasteiger partial charge in [0.1, 0.15) is 5.82 Å². The van der Waals surface area contributed by atoms with Crippen molar-refractivity contribution in [2.45, 2.75) is 17.6 Å². The third-order valence-electron chi connectivity index (χ3n) is 2.13. The Morgan fingerprint density at radius 1 is 1.20 bits per heavy atom. The summed E-state index contributed by atoms with van der Waals surface area (Å²) >= 11 is 1.69. The summed E-state index contributed by atoms with van der Waals surface area (Å²) in [6.45, 7) is 1.40. The van der Waals surface area contributed by atoms with Crippen molar-refractivity contribution in [3.8, 4) is 0 Å². The molecule has 0 aromatic heterocycles. The fourth-order valence-corrected chi connectivity index (χ4v) is 2.25. The number of thioether (sulfide) groups is 1. The first-order valence-electron chi connectivity index (χ1n) is 4.96. The van der Waals surface area contributed by atoms with Crippen molar-refractivity contribution in [1.82, 2.24) is 0 Å². The summed E-state index contributed by atoms with van der Waals surface area (Å²) in [7, 11) is 0. The molecule has 0 radical (unpaired) electrons. The number of halogens is 1. The second-order valence-corrected chi connectivity index (χ2v) is 4.43. The minimum Gasteiger partial charge on any atom is -0.350 e. The zero-order chi connectivity index (χ0) is 10.5. The maximum absolute atomic E-state index is 12.6. The molecule has 1 aromatic carbocycles. The number of benzene rings is 1. The van der Waals surface area contributed by atoms with Crippen LogP contribution in [0.1, 0.15) is 6.42 Å². The molecule has 0 atom stereocenters. The van der Waals surface area contributed by atoms with E-state index in [4.69, 9.17) is 9.47 Å². The average Bonchev–Trinajstić information content (AvgIpc) is 2.74. The lowest BCUT2D eigenvalue weighted by Gasteiger charge is -2.07. The van der Waals surface area contributed by atoms with E-state index in [1.165, 1.54) is 12.1 Å². The lowest BCUT2D eigenvalue weighted by atomic mass is 10.4. The molecule has 0 unspecified atom stereocenters. The third kappa shape index (κ3) is 3.48. The van der Waals surface area contributed by atoms with Crippen LogP contribution in [0.4, 0.5) is 4.39 Å². The topological polar surface area (TPSA) is 18.5 Å². The van der Waals surface area contributed by atoms with E-state index in [1.54, 1.807) is 23.9 Å². The molecule has 15 heavy (non-hydrogen) atoms. The number of ether oxygens (including phenoxy) is 2. The van der Waals surface area contributed by atoms with Gasteiger partial charge in [0.2, 0.25) is 0 Å². The molecule has 0 aliphatic carbocycles. The van der Waals surface area contributed by atoms with Crippen LogP contribution in [0.15, 0.2) is 29.2 Å². The van der Waals surface area contributed by atoms with Crippen molar-refractivity contribution < 1.29 is 13.9 Å². The Bertz CT molecular complexity index is 296. The van der Waals surface area contributed by atoms with Crippen LogP contribution in [0.3, 0.4) is 0 Å². The first kappa shape index (κ1) is 10.9. The highest BCUT2D eigenvalue weighted by atomic mass is 32.2. The maximum atomic E-state index is 12.6. The zero-order valence-corrected chi connectivity index (χ0v) is 9.13. The Hall–Kier alpha value is -0.580. The van der Waals surface area contributed by atoms with Crippen molar-refractivity contribution in [2.75, 3.05) is 19.0 Å². The molecule has 2 nitrogen and oxygen atoms in total. The number of hydrogen-bond acceptors (Lipinski definition) is 3. The van der Waals surface area contributed by atoms with E-state index < -0.39 is 0 Å². The van der Waals surface area contributed by atoms with Crippen LogP contribution in [0.2, 0.25) is 0 Å². The molecule has 0 saturated carbocycles. The van der Waals surface area contributed by atoms with Crippen LogP contribution in [-0.4, -0.2) is 25.3 Å². The van der Waals surface area contributed by atoms with Crippen LogP contribution < -0.4 is 0 Å². The lowest BCUT2D eigenvalue weighted by molar-refractivity contribution is -0.0421. The minimum atomic E-state index is -0.193. The first-order valence-corrected chi connectivity index (χ1v) is 5.95. The molecule has 4 heteroatoms. The van der Waals surface area contributed by atoms with Crippen molar-refractivity contribution >= 4 is 11.8 Å². The molecule has 1 aromatic rings. The molecule has 2 rings (SSSR count). The number of rotatable bonds is 4. The standard InChI is InChI=1S/C11H13FO2S/c12-9-1-3-10(4-2-9)15-8-5-11-13-6-7-14-11/h1-4,11H,5-8H2. The van der Waals surface area contributed by atoms with E-state index >= 15 is 0 Å². The Morgan fingerprint density at radius 2 is 1.87 bits per heavy atom. The quantitative estimate of drug-likeness (QED) is 0.738. The highest BCUT2D eigenvalue weighted by molar-refractivity contribution is 7.99. The summed E-state index contributed by atoms with van der Waals surface area (Å²) < 4.78 is 23.2. The lowest BCUT2D eigenvalue weighted by Crippen LogP contribution is -2.08. The van der Waals surface area contributed by atoms with E-state index in [-0.39, 0.29) is 12.1 Å². The van der Waals surface area contributed by atoms with Gasteiger partial charge in [-0.15, -0.1) is 11.8 Å². The van der Waals surface area contributed by atoms with E-state index in [9.17, 15) is 4.39 Å². The third-order valence-corrected chi connectivity index (χ3v) is 3.17. The van der Waals surface area contributed by atoms with Crippen molar-refractivity contribution in [2.24, 2.45) is 0 Å². The summed E-state index contributed by atoms with van der Waals surface area (Å²) in [5.41, 5.74) is 0. The second-order valence-electron chi connectivity index (χ2n) is 3.26. The molecule has 1 heterocycles. The van der Waals surface area contributed by atoms with E-state index in [2.05, 4.69) is 0 Å². The molecule has 1 aliphatic heterocycles. The van der Waals surface area contributed by atoms with Gasteiger partial charge in [-0.2, -0.15) is 0 Å². The molecule has 0 amide bonds. The van der Waals surface area contributed by atoms with Gasteiger partial charge in [-0.1, -0.05) is 0 Å². The van der Waals surface area contributed by atoms with Gasteiger partial charge < -0.3 is 9.47 Å². The normalized spacial score (nSPS) is 17.1. The van der Waals surface area contributed by atoms with Crippen LogP contribution in [-0.2, 0) is 9.47 Å². The molecular formula is C11H13FO2S. The molecule has 82 valence electrons. The van der Waals surface area contributed by atoms with Crippen LogP contribution >= 0.6 is 11.8 Å². The highest BCUT2D eigenvalue weighted by Crippen LogP contribution is 2.21. The Labute approximate surface area is 92.8 Å². The molecular weight excluding hydrogens is 215 g/mol. The van der Waals surface area contributed by atoms with Gasteiger partial charge in [0.05, 0.1) is 13.2 Å². The Morgan fingerprint density at radius 3 is 2.53 bits per heavy atom. The molecule has 1 aliphatic rings. The van der Waals surface area contributed by atoms with Gasteiger partial charge in [0, 0.05) is 17.1 Å². The molecule has 1 saturated heterocycles. The van der Waals surface area contributed by atoms with Gasteiger partial charge in [0.15, 0.2) is 6.29 Å². The fraction of sp³-hybridized carbons (Fsp3) is 0.455. The minimum absolute atomic E-state index is 0.0436. The van der Waals surface area contributed by atoms with Crippen molar-refractivity contribution in [3.63, 3.8) is 0 Å². The van der Waals surface area contributed by atoms with Crippen LogP contribution in [0, 0.1) is 5.82 Å². The monoisotopic (exact) mass is 228 g/mol. The van der Waals surface area contributed by atoms with E-state index in [0.717, 1.165) is 17.1 Å².